The fraction of sp³-hybridized carbons (Fsp3) is 0.588. The molecule has 1 aliphatic heterocycles. The first-order chi connectivity index (χ1) is 10.1. The number of anilines is 1. The minimum absolute atomic E-state index is 0.120. The Morgan fingerprint density at radius 3 is 2.29 bits per heavy atom. The lowest BCUT2D eigenvalue weighted by atomic mass is 9.64. The van der Waals surface area contributed by atoms with Crippen molar-refractivity contribution in [1.29, 1.82) is 0 Å². The summed E-state index contributed by atoms with van der Waals surface area (Å²) in [6, 6.07) is 8.85. The molecule has 2 amide bonds. The average molecular weight is 287 g/mol. The number of carbonyl (C=O) groups is 1. The van der Waals surface area contributed by atoms with E-state index >= 15 is 0 Å². The van der Waals surface area contributed by atoms with Crippen molar-refractivity contribution in [2.75, 3.05) is 24.5 Å². The highest BCUT2D eigenvalue weighted by molar-refractivity contribution is 5.94. The molecule has 4 nitrogen and oxygen atoms in total. The first-order valence-electron chi connectivity index (χ1n) is 7.96. The normalized spacial score (nSPS) is 21.0. The molecule has 2 fully saturated rings. The van der Waals surface area contributed by atoms with Gasteiger partial charge in [0.05, 0.1) is 0 Å². The Hall–Kier alpha value is -1.55. The van der Waals surface area contributed by atoms with Gasteiger partial charge >= 0.3 is 6.03 Å². The lowest BCUT2D eigenvalue weighted by Crippen LogP contribution is -2.41. The second kappa shape index (κ2) is 5.34. The number of rotatable bonds is 4. The molecule has 0 atom stereocenters. The summed E-state index contributed by atoms with van der Waals surface area (Å²) in [5, 5.41) is 0. The van der Waals surface area contributed by atoms with Crippen molar-refractivity contribution in [2.45, 2.75) is 44.6 Å². The Balaban J connectivity index is 1.78. The van der Waals surface area contributed by atoms with Gasteiger partial charge in [-0.3, -0.25) is 4.90 Å². The van der Waals surface area contributed by atoms with Gasteiger partial charge in [-0.15, -0.1) is 0 Å². The van der Waals surface area contributed by atoms with E-state index in [1.165, 1.54) is 24.8 Å². The summed E-state index contributed by atoms with van der Waals surface area (Å²) >= 11 is 0. The molecule has 1 aliphatic carbocycles. The third-order valence-corrected chi connectivity index (χ3v) is 5.16. The maximum Gasteiger partial charge on any atom is 0.324 e. The Labute approximate surface area is 126 Å². The van der Waals surface area contributed by atoms with Gasteiger partial charge in [-0.2, -0.15) is 0 Å². The fourth-order valence-electron chi connectivity index (χ4n) is 3.48. The van der Waals surface area contributed by atoms with E-state index in [9.17, 15) is 4.79 Å². The molecule has 0 bridgehead atoms. The maximum absolute atomic E-state index is 12.4. The number of benzene rings is 1. The number of hydrogen-bond acceptors (Lipinski definition) is 2. The molecule has 1 aromatic carbocycles. The molecular formula is C17H25N3O. The van der Waals surface area contributed by atoms with E-state index in [0.717, 1.165) is 25.3 Å². The molecule has 1 heterocycles. The van der Waals surface area contributed by atoms with Crippen molar-refractivity contribution in [3.05, 3.63) is 29.8 Å². The van der Waals surface area contributed by atoms with E-state index < -0.39 is 0 Å². The first kappa shape index (κ1) is 14.4. The molecule has 1 aromatic rings. The zero-order valence-corrected chi connectivity index (χ0v) is 13.0. The smallest absolute Gasteiger partial charge is 0.324 e. The van der Waals surface area contributed by atoms with Gasteiger partial charge < -0.3 is 10.6 Å². The van der Waals surface area contributed by atoms with Crippen LogP contribution in [0.5, 0.6) is 0 Å². The maximum atomic E-state index is 12.4. The van der Waals surface area contributed by atoms with E-state index in [2.05, 4.69) is 38.1 Å². The predicted octanol–water partition coefficient (Wildman–Crippen LogP) is 2.72. The van der Waals surface area contributed by atoms with Gasteiger partial charge in [0.2, 0.25) is 0 Å². The molecule has 114 valence electrons. The summed E-state index contributed by atoms with van der Waals surface area (Å²) in [7, 11) is 0. The van der Waals surface area contributed by atoms with Gasteiger partial charge in [0, 0.05) is 36.8 Å². The van der Waals surface area contributed by atoms with Crippen LogP contribution >= 0.6 is 0 Å². The van der Waals surface area contributed by atoms with E-state index in [0.29, 0.717) is 0 Å². The minimum atomic E-state index is 0.120. The van der Waals surface area contributed by atoms with Crippen LogP contribution in [-0.2, 0) is 5.41 Å². The zero-order valence-electron chi connectivity index (χ0n) is 13.0. The minimum Gasteiger partial charge on any atom is -0.330 e. The summed E-state index contributed by atoms with van der Waals surface area (Å²) in [5.41, 5.74) is 8.48. The largest absolute Gasteiger partial charge is 0.330 e. The van der Waals surface area contributed by atoms with Crippen LogP contribution in [0.25, 0.3) is 0 Å². The first-order valence-corrected chi connectivity index (χ1v) is 7.96. The fourth-order valence-corrected chi connectivity index (χ4v) is 3.48. The number of urea groups is 1. The Kier molecular flexibility index (Phi) is 3.66. The number of amides is 2. The molecule has 2 N–H and O–H groups in total. The monoisotopic (exact) mass is 287 g/mol. The molecule has 1 saturated carbocycles. The summed E-state index contributed by atoms with van der Waals surface area (Å²) in [6.07, 6.45) is 3.64. The van der Waals surface area contributed by atoms with Crippen molar-refractivity contribution in [3.8, 4) is 0 Å². The molecule has 3 rings (SSSR count). The van der Waals surface area contributed by atoms with Gasteiger partial charge in [0.1, 0.15) is 0 Å². The second-order valence-corrected chi connectivity index (χ2v) is 6.61. The quantitative estimate of drug-likeness (QED) is 0.925. The van der Waals surface area contributed by atoms with E-state index in [1.54, 1.807) is 0 Å². The lowest BCUT2D eigenvalue weighted by molar-refractivity contribution is 0.209. The van der Waals surface area contributed by atoms with Crippen LogP contribution in [0.2, 0.25) is 0 Å². The molecule has 21 heavy (non-hydrogen) atoms. The lowest BCUT2D eigenvalue weighted by Gasteiger charge is -2.41. The summed E-state index contributed by atoms with van der Waals surface area (Å²) in [6.45, 7) is 6.43. The third kappa shape index (κ3) is 2.31. The molecule has 4 heteroatoms. The van der Waals surface area contributed by atoms with Gasteiger partial charge in [0.25, 0.3) is 0 Å². The highest BCUT2D eigenvalue weighted by atomic mass is 16.2. The summed E-state index contributed by atoms with van der Waals surface area (Å²) in [4.78, 5) is 16.2. The number of nitrogens with zero attached hydrogens (tertiary/aromatic N) is 2. The Morgan fingerprint density at radius 2 is 1.86 bits per heavy atom. The molecule has 0 spiro atoms. The molecule has 0 unspecified atom stereocenters. The van der Waals surface area contributed by atoms with E-state index in [1.807, 2.05) is 9.80 Å². The molecule has 2 aliphatic rings. The standard InChI is InChI=1S/C17H25N3O/c1-13(2)19-10-11-20(16(19)21)15-6-4-14(5-7-15)17(12-18)8-3-9-17/h4-7,13H,3,8-12,18H2,1-2H3. The van der Waals surface area contributed by atoms with Crippen LogP contribution in [0.15, 0.2) is 24.3 Å². The zero-order chi connectivity index (χ0) is 15.0. The van der Waals surface area contributed by atoms with Crippen LogP contribution in [-0.4, -0.2) is 36.6 Å². The van der Waals surface area contributed by atoms with E-state index in [4.69, 9.17) is 5.73 Å². The van der Waals surface area contributed by atoms with Crippen LogP contribution in [0.1, 0.15) is 38.7 Å². The van der Waals surface area contributed by atoms with Gasteiger partial charge in [-0.25, -0.2) is 4.79 Å². The number of carbonyl (C=O) groups excluding carboxylic acids is 1. The van der Waals surface area contributed by atoms with Crippen molar-refractivity contribution < 1.29 is 4.79 Å². The van der Waals surface area contributed by atoms with Crippen molar-refractivity contribution >= 4 is 11.7 Å². The van der Waals surface area contributed by atoms with Crippen LogP contribution < -0.4 is 10.6 Å². The van der Waals surface area contributed by atoms with Crippen molar-refractivity contribution in [3.63, 3.8) is 0 Å². The van der Waals surface area contributed by atoms with Gasteiger partial charge in [0.15, 0.2) is 0 Å². The van der Waals surface area contributed by atoms with Crippen LogP contribution in [0.3, 0.4) is 0 Å². The molecule has 1 saturated heterocycles. The molecule has 0 radical (unpaired) electrons. The van der Waals surface area contributed by atoms with Crippen molar-refractivity contribution in [1.82, 2.24) is 4.90 Å². The number of nitrogens with two attached hydrogens (primary N) is 1. The highest BCUT2D eigenvalue weighted by Gasteiger charge is 2.37. The topological polar surface area (TPSA) is 49.6 Å². The summed E-state index contributed by atoms with van der Waals surface area (Å²) < 4.78 is 0. The van der Waals surface area contributed by atoms with Gasteiger partial charge in [-0.1, -0.05) is 18.6 Å². The highest BCUT2D eigenvalue weighted by Crippen LogP contribution is 2.43. The third-order valence-electron chi connectivity index (χ3n) is 5.16. The van der Waals surface area contributed by atoms with Crippen LogP contribution in [0.4, 0.5) is 10.5 Å². The predicted molar refractivity (Wildman–Crippen MR) is 85.6 cm³/mol. The Morgan fingerprint density at radius 1 is 1.19 bits per heavy atom. The summed E-state index contributed by atoms with van der Waals surface area (Å²) in [5.74, 6) is 0. The SMILES string of the molecule is CC(C)N1CCN(c2ccc(C3(CN)CCC3)cc2)C1=O. The van der Waals surface area contributed by atoms with Crippen LogP contribution in [0, 0.1) is 0 Å². The molecule has 0 aromatic heterocycles. The average Bonchev–Trinajstić information content (AvgIpc) is 2.81. The van der Waals surface area contributed by atoms with E-state index in [-0.39, 0.29) is 17.5 Å². The number of hydrogen-bond donors (Lipinski definition) is 1. The Bertz CT molecular complexity index is 514. The second-order valence-electron chi connectivity index (χ2n) is 6.61. The molecular weight excluding hydrogens is 262 g/mol. The van der Waals surface area contributed by atoms with Gasteiger partial charge in [-0.05, 0) is 44.4 Å². The van der Waals surface area contributed by atoms with Crippen molar-refractivity contribution in [2.24, 2.45) is 5.73 Å².